The number of aliphatic hydroxyl groups is 1. The van der Waals surface area contributed by atoms with Gasteiger partial charge >= 0.3 is 5.97 Å². The maximum Gasteiger partial charge on any atom is 0.334 e. The lowest BCUT2D eigenvalue weighted by Gasteiger charge is -2.04. The molecule has 0 saturated carbocycles. The van der Waals surface area contributed by atoms with Crippen LogP contribution in [0.15, 0.2) is 0 Å². The summed E-state index contributed by atoms with van der Waals surface area (Å²) in [6.45, 7) is 5.00. The minimum atomic E-state index is -1.51. The molecule has 0 heterocycles. The molecule has 1 atom stereocenters. The minimum Gasteiger partial charge on any atom is -0.479 e. The third kappa shape index (κ3) is 8.90. The van der Waals surface area contributed by atoms with E-state index in [0.717, 1.165) is 0 Å². The number of rotatable bonds is 3. The van der Waals surface area contributed by atoms with E-state index in [-0.39, 0.29) is 12.5 Å². The summed E-state index contributed by atoms with van der Waals surface area (Å²) in [4.78, 5) is 20.1. The van der Waals surface area contributed by atoms with Gasteiger partial charge in [0, 0.05) is 6.92 Å². The predicted molar refractivity (Wildman–Crippen MR) is 43.7 cm³/mol. The molecule has 0 aromatic heterocycles. The van der Waals surface area contributed by atoms with Crippen LogP contribution in [0, 0.1) is 0 Å². The van der Waals surface area contributed by atoms with Gasteiger partial charge in [0.1, 0.15) is 0 Å². The van der Waals surface area contributed by atoms with E-state index in [2.05, 4.69) is 5.32 Å². The predicted octanol–water partition coefficient (Wildman–Crippen LogP) is -0.406. The standard InChI is InChI=1S/C5H9NO4.C2H6/c1-3(7)6-2-4(8)5(9)10;1-2/h4,8H,2H2,1H3,(H,6,7)(H,9,10);1-2H3. The maximum absolute atomic E-state index is 10.2. The third-order valence-electron chi connectivity index (χ3n) is 0.829. The van der Waals surface area contributed by atoms with Gasteiger partial charge in [-0.2, -0.15) is 0 Å². The van der Waals surface area contributed by atoms with Crippen LogP contribution < -0.4 is 5.32 Å². The van der Waals surface area contributed by atoms with Gasteiger partial charge in [-0.15, -0.1) is 0 Å². The van der Waals surface area contributed by atoms with Crippen molar-refractivity contribution in [3.63, 3.8) is 0 Å². The Morgan fingerprint density at radius 2 is 1.83 bits per heavy atom. The molecule has 12 heavy (non-hydrogen) atoms. The second kappa shape index (κ2) is 8.00. The Kier molecular flexibility index (Phi) is 8.99. The highest BCUT2D eigenvalue weighted by atomic mass is 16.4. The highest BCUT2D eigenvalue weighted by Gasteiger charge is 2.11. The molecular weight excluding hydrogens is 162 g/mol. The Hall–Kier alpha value is -1.10. The van der Waals surface area contributed by atoms with Crippen LogP contribution >= 0.6 is 0 Å². The molecule has 0 bridgehead atoms. The van der Waals surface area contributed by atoms with Crippen LogP contribution in [-0.2, 0) is 9.59 Å². The van der Waals surface area contributed by atoms with E-state index < -0.39 is 12.1 Å². The molecule has 0 aromatic rings. The summed E-state index contributed by atoms with van der Waals surface area (Å²) >= 11 is 0. The molecule has 0 radical (unpaired) electrons. The normalized spacial score (nSPS) is 10.7. The Morgan fingerprint density at radius 3 is 2.08 bits per heavy atom. The van der Waals surface area contributed by atoms with Gasteiger partial charge in [0.25, 0.3) is 0 Å². The van der Waals surface area contributed by atoms with Gasteiger partial charge < -0.3 is 15.5 Å². The molecule has 0 saturated heterocycles. The summed E-state index contributed by atoms with van der Waals surface area (Å²) in [5, 5.41) is 18.8. The number of nitrogens with one attached hydrogen (secondary N) is 1. The van der Waals surface area contributed by atoms with Crippen LogP contribution in [0.4, 0.5) is 0 Å². The number of carbonyl (C=O) groups is 2. The first-order valence-corrected chi connectivity index (χ1v) is 3.69. The number of hydrogen-bond donors (Lipinski definition) is 3. The molecule has 0 aliphatic rings. The molecule has 1 unspecified atom stereocenters. The summed E-state index contributed by atoms with van der Waals surface area (Å²) < 4.78 is 0. The number of aliphatic hydroxyl groups excluding tert-OH is 1. The zero-order chi connectivity index (χ0) is 10.1. The van der Waals surface area contributed by atoms with Gasteiger partial charge in [-0.05, 0) is 0 Å². The fraction of sp³-hybridized carbons (Fsp3) is 0.714. The van der Waals surface area contributed by atoms with Gasteiger partial charge in [-0.3, -0.25) is 4.79 Å². The van der Waals surface area contributed by atoms with Crippen molar-refractivity contribution < 1.29 is 19.8 Å². The molecule has 0 aliphatic carbocycles. The third-order valence-corrected chi connectivity index (χ3v) is 0.829. The summed E-state index contributed by atoms with van der Waals surface area (Å²) in [6.07, 6.45) is -1.51. The average molecular weight is 177 g/mol. The molecule has 0 rings (SSSR count). The first-order chi connectivity index (χ1) is 5.54. The molecular formula is C7H15NO4. The zero-order valence-corrected chi connectivity index (χ0v) is 7.50. The molecule has 1 amide bonds. The Labute approximate surface area is 71.4 Å². The van der Waals surface area contributed by atoms with Crippen molar-refractivity contribution in [1.82, 2.24) is 5.32 Å². The number of carbonyl (C=O) groups excluding carboxylic acids is 1. The van der Waals surface area contributed by atoms with Gasteiger partial charge in [0.05, 0.1) is 6.54 Å². The highest BCUT2D eigenvalue weighted by molar-refractivity contribution is 5.76. The molecule has 0 fully saturated rings. The van der Waals surface area contributed by atoms with Crippen molar-refractivity contribution in [3.8, 4) is 0 Å². The van der Waals surface area contributed by atoms with Crippen LogP contribution in [0.5, 0.6) is 0 Å². The number of carboxylic acids is 1. The average Bonchev–Trinajstić information content (AvgIpc) is 2.03. The Morgan fingerprint density at radius 1 is 1.42 bits per heavy atom. The van der Waals surface area contributed by atoms with E-state index in [1.54, 1.807) is 0 Å². The topological polar surface area (TPSA) is 86.6 Å². The van der Waals surface area contributed by atoms with Crippen LogP contribution in [0.2, 0.25) is 0 Å². The first kappa shape index (κ1) is 13.5. The van der Waals surface area contributed by atoms with Crippen molar-refractivity contribution >= 4 is 11.9 Å². The Bertz CT molecular complexity index is 146. The quantitative estimate of drug-likeness (QED) is 0.547. The van der Waals surface area contributed by atoms with E-state index >= 15 is 0 Å². The molecule has 0 spiro atoms. The molecule has 5 nitrogen and oxygen atoms in total. The molecule has 5 heteroatoms. The van der Waals surface area contributed by atoms with Crippen LogP contribution in [0.25, 0.3) is 0 Å². The van der Waals surface area contributed by atoms with E-state index in [9.17, 15) is 9.59 Å². The van der Waals surface area contributed by atoms with Crippen molar-refractivity contribution in [2.45, 2.75) is 26.9 Å². The Balaban J connectivity index is 0. The van der Waals surface area contributed by atoms with E-state index in [1.807, 2.05) is 13.8 Å². The monoisotopic (exact) mass is 177 g/mol. The van der Waals surface area contributed by atoms with Gasteiger partial charge in [0.2, 0.25) is 5.91 Å². The number of hydrogen-bond acceptors (Lipinski definition) is 3. The van der Waals surface area contributed by atoms with Crippen LogP contribution in [0.3, 0.4) is 0 Å². The minimum absolute atomic E-state index is 0.245. The van der Waals surface area contributed by atoms with E-state index in [1.165, 1.54) is 6.92 Å². The summed E-state index contributed by atoms with van der Waals surface area (Å²) in [5.41, 5.74) is 0. The lowest BCUT2D eigenvalue weighted by atomic mass is 10.3. The second-order valence-corrected chi connectivity index (χ2v) is 1.79. The fourth-order valence-electron chi connectivity index (χ4n) is 0.328. The van der Waals surface area contributed by atoms with Crippen molar-refractivity contribution in [2.75, 3.05) is 6.54 Å². The number of amides is 1. The second-order valence-electron chi connectivity index (χ2n) is 1.79. The van der Waals surface area contributed by atoms with Crippen LogP contribution in [0.1, 0.15) is 20.8 Å². The largest absolute Gasteiger partial charge is 0.479 e. The van der Waals surface area contributed by atoms with E-state index in [4.69, 9.17) is 10.2 Å². The maximum atomic E-state index is 10.2. The molecule has 72 valence electrons. The lowest BCUT2D eigenvalue weighted by Crippen LogP contribution is -2.35. The number of carboxylic acid groups (broad SMARTS) is 1. The van der Waals surface area contributed by atoms with Crippen molar-refractivity contribution in [3.05, 3.63) is 0 Å². The molecule has 3 N–H and O–H groups in total. The summed E-state index contributed by atoms with van der Waals surface area (Å²) in [7, 11) is 0. The van der Waals surface area contributed by atoms with Crippen molar-refractivity contribution in [1.29, 1.82) is 0 Å². The number of aliphatic carboxylic acids is 1. The SMILES string of the molecule is CC.CC(=O)NCC(O)C(=O)O. The molecule has 0 aromatic carbocycles. The summed E-state index contributed by atoms with van der Waals surface area (Å²) in [5.74, 6) is -1.70. The van der Waals surface area contributed by atoms with Gasteiger partial charge in [-0.1, -0.05) is 13.8 Å². The first-order valence-electron chi connectivity index (χ1n) is 3.69. The lowest BCUT2D eigenvalue weighted by molar-refractivity contribution is -0.146. The van der Waals surface area contributed by atoms with Gasteiger partial charge in [-0.25, -0.2) is 4.79 Å². The highest BCUT2D eigenvalue weighted by Crippen LogP contribution is 1.78. The van der Waals surface area contributed by atoms with Gasteiger partial charge in [0.15, 0.2) is 6.10 Å². The smallest absolute Gasteiger partial charge is 0.334 e. The van der Waals surface area contributed by atoms with Crippen molar-refractivity contribution in [2.24, 2.45) is 0 Å². The molecule has 0 aliphatic heterocycles. The van der Waals surface area contributed by atoms with Crippen LogP contribution in [-0.4, -0.2) is 34.7 Å². The zero-order valence-electron chi connectivity index (χ0n) is 7.50. The summed E-state index contributed by atoms with van der Waals surface area (Å²) in [6, 6.07) is 0. The van der Waals surface area contributed by atoms with E-state index in [0.29, 0.717) is 0 Å². The fourth-order valence-corrected chi connectivity index (χ4v) is 0.328.